The molecule has 0 spiro atoms. The van der Waals surface area contributed by atoms with Crippen molar-refractivity contribution in [2.75, 3.05) is 13.1 Å². The summed E-state index contributed by atoms with van der Waals surface area (Å²) in [6.07, 6.45) is 7.85. The third-order valence-electron chi connectivity index (χ3n) is 3.54. The van der Waals surface area contributed by atoms with Crippen molar-refractivity contribution >= 4 is 6.41 Å². The average molecular weight is 167 g/mol. The summed E-state index contributed by atoms with van der Waals surface area (Å²) in [5.74, 6) is 1.95. The molecule has 12 heavy (non-hydrogen) atoms. The molecule has 0 atom stereocenters. The Morgan fingerprint density at radius 1 is 1.00 bits per heavy atom. The summed E-state index contributed by atoms with van der Waals surface area (Å²) >= 11 is 0. The predicted octanol–water partition coefficient (Wildman–Crippen LogP) is 1.65. The lowest BCUT2D eigenvalue weighted by molar-refractivity contribution is -0.119. The molecule has 0 aromatic rings. The van der Waals surface area contributed by atoms with Gasteiger partial charge in [0.2, 0.25) is 6.41 Å². The average Bonchev–Trinajstić information content (AvgIpc) is 2.03. The first-order valence-electron chi connectivity index (χ1n) is 5.09. The van der Waals surface area contributed by atoms with Gasteiger partial charge < -0.3 is 4.90 Å². The topological polar surface area (TPSA) is 20.3 Å². The van der Waals surface area contributed by atoms with Crippen molar-refractivity contribution in [1.82, 2.24) is 4.90 Å². The van der Waals surface area contributed by atoms with Gasteiger partial charge in [-0.2, -0.15) is 0 Å². The molecule has 2 nitrogen and oxygen atoms in total. The molecule has 0 unspecified atom stereocenters. The first kappa shape index (κ1) is 8.09. The number of hydrogen-bond donors (Lipinski definition) is 0. The highest BCUT2D eigenvalue weighted by molar-refractivity contribution is 5.47. The summed E-state index contributed by atoms with van der Waals surface area (Å²) in [6, 6.07) is 0. The number of carbonyl (C=O) groups excluding carboxylic acids is 1. The number of carbonyl (C=O) groups is 1. The van der Waals surface area contributed by atoms with Crippen LogP contribution in [-0.4, -0.2) is 24.4 Å². The minimum absolute atomic E-state index is 0.940. The summed E-state index contributed by atoms with van der Waals surface area (Å²) in [5, 5.41) is 0. The Hall–Kier alpha value is -0.530. The van der Waals surface area contributed by atoms with E-state index in [2.05, 4.69) is 0 Å². The predicted molar refractivity (Wildman–Crippen MR) is 47.7 cm³/mol. The molecule has 2 fully saturated rings. The quantitative estimate of drug-likeness (QED) is 0.573. The standard InChI is InChI=1S/C10H17NO/c12-8-11-6-4-10(5-7-11)9-2-1-3-9/h8-10H,1-7H2. The van der Waals surface area contributed by atoms with Crippen molar-refractivity contribution in [2.45, 2.75) is 32.1 Å². The molecular weight excluding hydrogens is 150 g/mol. The second kappa shape index (κ2) is 3.46. The molecule has 1 aliphatic carbocycles. The maximum atomic E-state index is 10.4. The Morgan fingerprint density at radius 2 is 1.58 bits per heavy atom. The van der Waals surface area contributed by atoms with E-state index < -0.39 is 0 Å². The Kier molecular flexibility index (Phi) is 2.33. The molecule has 1 heterocycles. The third kappa shape index (κ3) is 1.47. The monoisotopic (exact) mass is 167 g/mol. The fourth-order valence-electron chi connectivity index (χ4n) is 2.41. The van der Waals surface area contributed by atoms with Gasteiger partial charge in [-0.25, -0.2) is 0 Å². The van der Waals surface area contributed by atoms with Crippen LogP contribution in [0.2, 0.25) is 0 Å². The number of hydrogen-bond acceptors (Lipinski definition) is 1. The minimum atomic E-state index is 0.940. The zero-order valence-corrected chi connectivity index (χ0v) is 7.54. The lowest BCUT2D eigenvalue weighted by Crippen LogP contribution is -2.36. The SMILES string of the molecule is O=CN1CCC(C2CCC2)CC1. The van der Waals surface area contributed by atoms with Crippen LogP contribution >= 0.6 is 0 Å². The largest absolute Gasteiger partial charge is 0.345 e. The van der Waals surface area contributed by atoms with E-state index in [9.17, 15) is 4.79 Å². The van der Waals surface area contributed by atoms with Gasteiger partial charge in [0.05, 0.1) is 0 Å². The molecule has 2 rings (SSSR count). The van der Waals surface area contributed by atoms with E-state index in [1.807, 2.05) is 4.90 Å². The molecule has 2 aliphatic rings. The van der Waals surface area contributed by atoms with Crippen LogP contribution in [-0.2, 0) is 4.79 Å². The van der Waals surface area contributed by atoms with Crippen LogP contribution in [0.4, 0.5) is 0 Å². The van der Waals surface area contributed by atoms with Gasteiger partial charge in [-0.1, -0.05) is 19.3 Å². The van der Waals surface area contributed by atoms with Crippen molar-refractivity contribution in [3.8, 4) is 0 Å². The van der Waals surface area contributed by atoms with Crippen molar-refractivity contribution in [3.05, 3.63) is 0 Å². The van der Waals surface area contributed by atoms with Gasteiger partial charge in [-0.3, -0.25) is 4.79 Å². The fraction of sp³-hybridized carbons (Fsp3) is 0.900. The zero-order chi connectivity index (χ0) is 8.39. The molecule has 0 aromatic heterocycles. The highest BCUT2D eigenvalue weighted by atomic mass is 16.1. The summed E-state index contributed by atoms with van der Waals surface area (Å²) in [6.45, 7) is 2.01. The Bertz CT molecular complexity index is 157. The summed E-state index contributed by atoms with van der Waals surface area (Å²) in [7, 11) is 0. The summed E-state index contributed by atoms with van der Waals surface area (Å²) in [4.78, 5) is 12.4. The first-order chi connectivity index (χ1) is 5.90. The number of rotatable bonds is 2. The number of likely N-dealkylation sites (tertiary alicyclic amines) is 1. The normalized spacial score (nSPS) is 26.8. The van der Waals surface area contributed by atoms with Crippen molar-refractivity contribution < 1.29 is 4.79 Å². The van der Waals surface area contributed by atoms with Crippen LogP contribution in [0.1, 0.15) is 32.1 Å². The van der Waals surface area contributed by atoms with E-state index in [0.717, 1.165) is 31.3 Å². The van der Waals surface area contributed by atoms with E-state index >= 15 is 0 Å². The van der Waals surface area contributed by atoms with Gasteiger partial charge in [-0.05, 0) is 24.7 Å². The van der Waals surface area contributed by atoms with Crippen molar-refractivity contribution in [1.29, 1.82) is 0 Å². The van der Waals surface area contributed by atoms with Crippen molar-refractivity contribution in [2.24, 2.45) is 11.8 Å². The van der Waals surface area contributed by atoms with E-state index in [1.165, 1.54) is 32.1 Å². The molecule has 0 N–H and O–H groups in total. The van der Waals surface area contributed by atoms with Gasteiger partial charge in [0.25, 0.3) is 0 Å². The van der Waals surface area contributed by atoms with Crippen LogP contribution in [0.3, 0.4) is 0 Å². The van der Waals surface area contributed by atoms with E-state index in [0.29, 0.717) is 0 Å². The number of piperidine rings is 1. The zero-order valence-electron chi connectivity index (χ0n) is 7.54. The highest BCUT2D eigenvalue weighted by Crippen LogP contribution is 2.38. The highest BCUT2D eigenvalue weighted by Gasteiger charge is 2.29. The van der Waals surface area contributed by atoms with Gasteiger partial charge in [0.15, 0.2) is 0 Å². The molecule has 0 aromatic carbocycles. The molecule has 0 radical (unpaired) electrons. The smallest absolute Gasteiger partial charge is 0.209 e. The second-order valence-corrected chi connectivity index (χ2v) is 4.17. The van der Waals surface area contributed by atoms with Crippen LogP contribution in [0, 0.1) is 11.8 Å². The maximum absolute atomic E-state index is 10.4. The van der Waals surface area contributed by atoms with Gasteiger partial charge in [0.1, 0.15) is 0 Å². The first-order valence-corrected chi connectivity index (χ1v) is 5.09. The lowest BCUT2D eigenvalue weighted by Gasteiger charge is -2.38. The van der Waals surface area contributed by atoms with E-state index in [-0.39, 0.29) is 0 Å². The van der Waals surface area contributed by atoms with Crippen LogP contribution in [0.15, 0.2) is 0 Å². The molecule has 1 aliphatic heterocycles. The molecule has 1 saturated carbocycles. The van der Waals surface area contributed by atoms with Gasteiger partial charge in [-0.15, -0.1) is 0 Å². The van der Waals surface area contributed by atoms with Crippen LogP contribution in [0.25, 0.3) is 0 Å². The molecular formula is C10H17NO. The van der Waals surface area contributed by atoms with E-state index in [1.54, 1.807) is 0 Å². The molecule has 1 saturated heterocycles. The minimum Gasteiger partial charge on any atom is -0.345 e. The van der Waals surface area contributed by atoms with E-state index in [4.69, 9.17) is 0 Å². The Labute approximate surface area is 73.9 Å². The number of nitrogens with zero attached hydrogens (tertiary/aromatic N) is 1. The molecule has 68 valence electrons. The lowest BCUT2D eigenvalue weighted by atomic mass is 9.72. The molecule has 2 heteroatoms. The Balaban J connectivity index is 1.77. The van der Waals surface area contributed by atoms with Crippen LogP contribution in [0.5, 0.6) is 0 Å². The molecule has 0 bridgehead atoms. The fourth-order valence-corrected chi connectivity index (χ4v) is 2.41. The summed E-state index contributed by atoms with van der Waals surface area (Å²) in [5.41, 5.74) is 0. The molecule has 1 amide bonds. The van der Waals surface area contributed by atoms with Crippen molar-refractivity contribution in [3.63, 3.8) is 0 Å². The van der Waals surface area contributed by atoms with Crippen LogP contribution < -0.4 is 0 Å². The second-order valence-electron chi connectivity index (χ2n) is 4.17. The van der Waals surface area contributed by atoms with Gasteiger partial charge >= 0.3 is 0 Å². The number of amides is 1. The Morgan fingerprint density at radius 3 is 2.00 bits per heavy atom. The summed E-state index contributed by atoms with van der Waals surface area (Å²) < 4.78 is 0. The maximum Gasteiger partial charge on any atom is 0.209 e. The third-order valence-corrected chi connectivity index (χ3v) is 3.54. The van der Waals surface area contributed by atoms with Gasteiger partial charge in [0, 0.05) is 13.1 Å².